The molecule has 1 heterocycles. The Morgan fingerprint density at radius 3 is 2.65 bits per heavy atom. The zero-order valence-electron chi connectivity index (χ0n) is 24.6. The third-order valence-corrected chi connectivity index (χ3v) is 9.07. The summed E-state index contributed by atoms with van der Waals surface area (Å²) >= 11 is 0. The van der Waals surface area contributed by atoms with Crippen LogP contribution < -0.4 is 10.1 Å². The van der Waals surface area contributed by atoms with E-state index in [0.29, 0.717) is 36.3 Å². The molecule has 1 amide bonds. The van der Waals surface area contributed by atoms with E-state index in [0.717, 1.165) is 24.0 Å². The lowest BCUT2D eigenvalue weighted by Gasteiger charge is -2.59. The van der Waals surface area contributed by atoms with Crippen LogP contribution in [-0.2, 0) is 35.6 Å². The molecule has 0 radical (unpaired) electrons. The maximum absolute atomic E-state index is 13.1. The standard InChI is InChI=1S/C33H37NO9/c1-31(2,3)43-30(38)42-26(19-8-5-4-6-9-19)29(37)34-17-14-24(36)40-23-13-16-33(39)21-10-7-15-32(33)25-20(18-21)11-12-22(35)27(25)41-28(23)32/h4-6,8-9,11-13,21,26,28,35,39H,7,10,14-18H2,1-3H3,(H,34,37)/t21-,26+,28+,32+,33-/m1/s1. The van der Waals surface area contributed by atoms with E-state index in [4.69, 9.17) is 18.9 Å². The second-order valence-electron chi connectivity index (χ2n) is 12.8. The number of esters is 1. The minimum Gasteiger partial charge on any atom is -0.504 e. The Labute approximate surface area is 250 Å². The minimum absolute atomic E-state index is 0.00357. The summed E-state index contributed by atoms with van der Waals surface area (Å²) in [4.78, 5) is 38.4. The van der Waals surface area contributed by atoms with Crippen LogP contribution >= 0.6 is 0 Å². The lowest BCUT2D eigenvalue weighted by atomic mass is 9.47. The van der Waals surface area contributed by atoms with E-state index < -0.39 is 46.9 Å². The summed E-state index contributed by atoms with van der Waals surface area (Å²) in [5.41, 5.74) is -0.331. The molecule has 1 spiro atoms. The summed E-state index contributed by atoms with van der Waals surface area (Å²) in [5, 5.41) is 25.4. The van der Waals surface area contributed by atoms with Gasteiger partial charge in [-0.25, -0.2) is 4.79 Å². The maximum atomic E-state index is 13.1. The summed E-state index contributed by atoms with van der Waals surface area (Å²) < 4.78 is 22.7. The van der Waals surface area contributed by atoms with Gasteiger partial charge in [0.2, 0.25) is 6.10 Å². The first kappa shape index (κ1) is 29.0. The fraction of sp³-hybridized carbons (Fsp3) is 0.485. The van der Waals surface area contributed by atoms with Crippen molar-refractivity contribution in [3.05, 3.63) is 71.0 Å². The van der Waals surface area contributed by atoms with Gasteiger partial charge in [-0.2, -0.15) is 0 Å². The lowest BCUT2D eigenvalue weighted by Crippen LogP contribution is -2.67. The second kappa shape index (κ2) is 10.6. The highest BCUT2D eigenvalue weighted by Gasteiger charge is 2.70. The molecule has 3 aliphatic carbocycles. The molecular weight excluding hydrogens is 554 g/mol. The zero-order chi connectivity index (χ0) is 30.6. The molecule has 1 fully saturated rings. The molecule has 228 valence electrons. The van der Waals surface area contributed by atoms with Crippen molar-refractivity contribution in [2.75, 3.05) is 6.54 Å². The number of hydrogen-bond acceptors (Lipinski definition) is 9. The molecule has 1 saturated carbocycles. The highest BCUT2D eigenvalue weighted by atomic mass is 16.7. The first-order valence-electron chi connectivity index (χ1n) is 14.8. The third kappa shape index (κ3) is 4.91. The Kier molecular flexibility index (Phi) is 7.15. The van der Waals surface area contributed by atoms with Gasteiger partial charge < -0.3 is 34.5 Å². The van der Waals surface area contributed by atoms with Crippen LogP contribution in [-0.4, -0.2) is 52.1 Å². The van der Waals surface area contributed by atoms with E-state index in [2.05, 4.69) is 5.32 Å². The molecule has 0 unspecified atom stereocenters. The monoisotopic (exact) mass is 591 g/mol. The van der Waals surface area contributed by atoms with Crippen LogP contribution in [0, 0.1) is 5.92 Å². The van der Waals surface area contributed by atoms with Gasteiger partial charge in [-0.15, -0.1) is 0 Å². The van der Waals surface area contributed by atoms with Crippen molar-refractivity contribution >= 4 is 18.0 Å². The smallest absolute Gasteiger partial charge is 0.504 e. The van der Waals surface area contributed by atoms with Crippen molar-refractivity contribution in [1.29, 1.82) is 0 Å². The first-order valence-corrected chi connectivity index (χ1v) is 14.8. The zero-order valence-corrected chi connectivity index (χ0v) is 24.6. The normalized spacial score (nSPS) is 27.1. The Morgan fingerprint density at radius 1 is 1.14 bits per heavy atom. The van der Waals surface area contributed by atoms with Crippen LogP contribution in [0.2, 0.25) is 0 Å². The van der Waals surface area contributed by atoms with E-state index in [-0.39, 0.29) is 24.6 Å². The number of carbonyl (C=O) groups is 3. The molecule has 0 aromatic heterocycles. The van der Waals surface area contributed by atoms with Crippen LogP contribution in [0.25, 0.3) is 0 Å². The van der Waals surface area contributed by atoms with Gasteiger partial charge >= 0.3 is 12.1 Å². The van der Waals surface area contributed by atoms with Crippen LogP contribution in [0.3, 0.4) is 0 Å². The average Bonchev–Trinajstić information content (AvgIpc) is 3.29. The van der Waals surface area contributed by atoms with Crippen molar-refractivity contribution in [2.24, 2.45) is 5.92 Å². The average molecular weight is 592 g/mol. The molecule has 10 nitrogen and oxygen atoms in total. The Bertz CT molecular complexity index is 1480. The summed E-state index contributed by atoms with van der Waals surface area (Å²) in [7, 11) is 0. The fourth-order valence-electron chi connectivity index (χ4n) is 7.37. The lowest BCUT2D eigenvalue weighted by molar-refractivity contribution is -0.160. The Hall–Kier alpha value is -4.05. The number of hydrogen-bond donors (Lipinski definition) is 3. The summed E-state index contributed by atoms with van der Waals surface area (Å²) in [5.74, 6) is -0.498. The van der Waals surface area contributed by atoms with Gasteiger partial charge in [0.05, 0.1) is 17.4 Å². The van der Waals surface area contributed by atoms with Gasteiger partial charge in [-0.1, -0.05) is 42.8 Å². The van der Waals surface area contributed by atoms with Gasteiger partial charge in [-0.3, -0.25) is 9.59 Å². The Balaban J connectivity index is 1.13. The first-order chi connectivity index (χ1) is 20.4. The number of benzene rings is 2. The molecule has 3 N–H and O–H groups in total. The molecule has 10 heteroatoms. The highest BCUT2D eigenvalue weighted by Crippen LogP contribution is 2.67. The van der Waals surface area contributed by atoms with Crippen LogP contribution in [0.15, 0.2) is 54.3 Å². The molecule has 4 aliphatic rings. The Morgan fingerprint density at radius 2 is 1.91 bits per heavy atom. The predicted molar refractivity (Wildman–Crippen MR) is 153 cm³/mol. The van der Waals surface area contributed by atoms with Gasteiger partial charge in [0.15, 0.2) is 17.6 Å². The second-order valence-corrected chi connectivity index (χ2v) is 12.8. The quantitative estimate of drug-likeness (QED) is 0.397. The molecule has 2 aromatic carbocycles. The van der Waals surface area contributed by atoms with E-state index in [1.807, 2.05) is 6.07 Å². The molecule has 2 bridgehead atoms. The van der Waals surface area contributed by atoms with E-state index in [9.17, 15) is 24.6 Å². The number of aromatic hydroxyl groups is 1. The number of amides is 1. The van der Waals surface area contributed by atoms with Gasteiger partial charge in [-0.05, 0) is 70.1 Å². The number of rotatable bonds is 7. The number of phenols is 1. The van der Waals surface area contributed by atoms with Gasteiger partial charge in [0.1, 0.15) is 11.4 Å². The van der Waals surface area contributed by atoms with Crippen molar-refractivity contribution in [3.8, 4) is 11.5 Å². The van der Waals surface area contributed by atoms with Crippen LogP contribution in [0.5, 0.6) is 11.5 Å². The number of ether oxygens (including phenoxy) is 4. The molecular formula is C33H37NO9. The van der Waals surface area contributed by atoms with Gasteiger partial charge in [0, 0.05) is 17.7 Å². The van der Waals surface area contributed by atoms with Gasteiger partial charge in [0.25, 0.3) is 5.91 Å². The number of phenolic OH excluding ortho intramolecular Hbond substituents is 1. The minimum atomic E-state index is -1.28. The topological polar surface area (TPSA) is 141 Å². The molecule has 43 heavy (non-hydrogen) atoms. The van der Waals surface area contributed by atoms with Crippen LogP contribution in [0.1, 0.15) is 75.7 Å². The molecule has 0 saturated heterocycles. The van der Waals surface area contributed by atoms with E-state index in [1.165, 1.54) is 0 Å². The summed E-state index contributed by atoms with van der Waals surface area (Å²) in [6, 6.07) is 12.0. The molecule has 6 rings (SSSR count). The number of nitrogens with one attached hydrogen (secondary N) is 1. The van der Waals surface area contributed by atoms with Crippen molar-refractivity contribution in [1.82, 2.24) is 5.32 Å². The van der Waals surface area contributed by atoms with E-state index >= 15 is 0 Å². The molecule has 5 atom stereocenters. The summed E-state index contributed by atoms with van der Waals surface area (Å²) in [6.07, 6.45) is 2.01. The van der Waals surface area contributed by atoms with Crippen molar-refractivity contribution in [2.45, 2.75) is 88.1 Å². The largest absolute Gasteiger partial charge is 0.509 e. The molecule has 1 aliphatic heterocycles. The third-order valence-electron chi connectivity index (χ3n) is 9.07. The van der Waals surface area contributed by atoms with Crippen LogP contribution in [0.4, 0.5) is 4.79 Å². The van der Waals surface area contributed by atoms with Crippen molar-refractivity contribution < 1.29 is 43.5 Å². The van der Waals surface area contributed by atoms with Crippen molar-refractivity contribution in [3.63, 3.8) is 0 Å². The maximum Gasteiger partial charge on any atom is 0.509 e. The highest BCUT2D eigenvalue weighted by molar-refractivity contribution is 5.84. The predicted octanol–water partition coefficient (Wildman–Crippen LogP) is 4.51. The number of carbonyl (C=O) groups excluding carboxylic acids is 3. The number of aliphatic hydroxyl groups is 1. The summed E-state index contributed by atoms with van der Waals surface area (Å²) in [6.45, 7) is 5.01. The SMILES string of the molecule is CC(C)(C)OC(=O)O[C@H](C(=O)NCCC(=O)OC1=CC[C@@]2(O)[C@@H]3CCC[C@@]24c2c(ccc(O)c2O[C@@H]14)C3)c1ccccc1. The molecule has 2 aromatic rings. The fourth-order valence-corrected chi connectivity index (χ4v) is 7.37. The van der Waals surface area contributed by atoms with E-state index in [1.54, 1.807) is 63.2 Å².